The van der Waals surface area contributed by atoms with Gasteiger partial charge in [0.05, 0.1) is 22.1 Å². The molecule has 0 spiro atoms. The summed E-state index contributed by atoms with van der Waals surface area (Å²) in [6, 6.07) is 142. The molecule has 0 N–H and O–H groups in total. The lowest BCUT2D eigenvalue weighted by molar-refractivity contribution is 1.07. The van der Waals surface area contributed by atoms with Gasteiger partial charge in [0.25, 0.3) is 0 Å². The van der Waals surface area contributed by atoms with Crippen LogP contribution in [0, 0.1) is 0 Å². The van der Waals surface area contributed by atoms with E-state index in [0.29, 0.717) is 17.5 Å². The van der Waals surface area contributed by atoms with E-state index >= 15 is 0 Å². The highest BCUT2D eigenvalue weighted by atomic mass is 15.0. The quantitative estimate of drug-likeness (QED) is 0.109. The Morgan fingerprint density at radius 2 is 0.317 bits per heavy atom. The third-order valence-electron chi connectivity index (χ3n) is 20.4. The predicted octanol–water partition coefficient (Wildman–Crippen LogP) is 26.1. The van der Waals surface area contributed by atoms with Crippen molar-refractivity contribution in [1.82, 2.24) is 24.1 Å². The van der Waals surface area contributed by atoms with Crippen LogP contribution in [-0.4, -0.2) is 24.1 Å². The van der Waals surface area contributed by atoms with Crippen LogP contribution in [0.4, 0.5) is 0 Å². The summed E-state index contributed by atoms with van der Waals surface area (Å²) in [4.78, 5) is 15.8. The van der Waals surface area contributed by atoms with Crippen LogP contribution >= 0.6 is 0 Å². The van der Waals surface area contributed by atoms with Gasteiger partial charge in [-0.1, -0.05) is 315 Å². The van der Waals surface area contributed by atoms with Gasteiger partial charge in [0.1, 0.15) is 0 Å². The zero-order valence-electron chi connectivity index (χ0n) is 56.8. The van der Waals surface area contributed by atoms with Gasteiger partial charge >= 0.3 is 0 Å². The van der Waals surface area contributed by atoms with Crippen molar-refractivity contribution >= 4 is 43.6 Å². The molecule has 0 aliphatic heterocycles. The van der Waals surface area contributed by atoms with Crippen molar-refractivity contribution in [3.63, 3.8) is 0 Å². The van der Waals surface area contributed by atoms with E-state index in [9.17, 15) is 0 Å². The Hall–Kier alpha value is -13.9. The maximum Gasteiger partial charge on any atom is 0.164 e. The first kappa shape index (κ1) is 61.2. The lowest BCUT2D eigenvalue weighted by atomic mass is 9.94. The number of hydrogen-bond acceptors (Lipinski definition) is 3. The number of para-hydroxylation sites is 4. The van der Waals surface area contributed by atoms with Crippen LogP contribution in [0.25, 0.3) is 189 Å². The van der Waals surface area contributed by atoms with Crippen LogP contribution in [0.3, 0.4) is 0 Å². The molecule has 16 aromatic carbocycles. The lowest BCUT2D eigenvalue weighted by Gasteiger charge is -2.12. The van der Waals surface area contributed by atoms with Gasteiger partial charge < -0.3 is 9.13 Å². The van der Waals surface area contributed by atoms with E-state index in [4.69, 9.17) is 15.0 Å². The molecule has 3 heterocycles. The van der Waals surface area contributed by atoms with E-state index in [1.165, 1.54) is 77.0 Å². The second kappa shape index (κ2) is 26.3. The van der Waals surface area contributed by atoms with Gasteiger partial charge in [-0.25, -0.2) is 15.0 Å². The molecule has 5 nitrogen and oxygen atoms in total. The highest BCUT2D eigenvalue weighted by Gasteiger charge is 2.18. The van der Waals surface area contributed by atoms with Crippen molar-refractivity contribution in [1.29, 1.82) is 0 Å². The van der Waals surface area contributed by atoms with Crippen molar-refractivity contribution < 1.29 is 0 Å². The summed E-state index contributed by atoms with van der Waals surface area (Å²) in [6.45, 7) is 0. The first-order valence-electron chi connectivity index (χ1n) is 35.4. The molecule has 0 saturated heterocycles. The molecule has 0 amide bonds. The van der Waals surface area contributed by atoms with Crippen molar-refractivity contribution in [3.05, 3.63) is 394 Å². The zero-order valence-corrected chi connectivity index (χ0v) is 56.8. The minimum absolute atomic E-state index is 0.595. The van der Waals surface area contributed by atoms with Crippen molar-refractivity contribution in [2.24, 2.45) is 0 Å². The molecule has 3 aromatic heterocycles. The molecule has 19 aromatic rings. The third-order valence-corrected chi connectivity index (χ3v) is 20.4. The number of nitrogens with zero attached hydrogens (tertiary/aromatic N) is 5. The van der Waals surface area contributed by atoms with E-state index in [1.54, 1.807) is 0 Å². The van der Waals surface area contributed by atoms with Gasteiger partial charge in [0.15, 0.2) is 17.5 Å². The topological polar surface area (TPSA) is 48.5 Å². The van der Waals surface area contributed by atoms with Crippen molar-refractivity contribution in [3.8, 4) is 146 Å². The molecule has 0 radical (unpaired) electrons. The molecule has 5 heteroatoms. The second-order valence-electron chi connectivity index (χ2n) is 26.7. The summed E-state index contributed by atoms with van der Waals surface area (Å²) in [5.74, 6) is 1.78. The molecule has 0 fully saturated rings. The molecule has 0 unspecified atom stereocenters. The Morgan fingerprint density at radius 3 is 0.587 bits per heavy atom. The summed E-state index contributed by atoms with van der Waals surface area (Å²) in [6.07, 6.45) is 0. The van der Waals surface area contributed by atoms with E-state index in [2.05, 4.69) is 403 Å². The average Bonchev–Trinajstić information content (AvgIpc) is 1.60. The van der Waals surface area contributed by atoms with E-state index in [-0.39, 0.29) is 0 Å². The summed E-state index contributed by atoms with van der Waals surface area (Å²) in [5, 5.41) is 4.99. The molecule has 0 atom stereocenters. The highest BCUT2D eigenvalue weighted by Crippen LogP contribution is 2.40. The fourth-order valence-electron chi connectivity index (χ4n) is 15.1. The Morgan fingerprint density at radius 1 is 0.135 bits per heavy atom. The average molecular weight is 1320 g/mol. The van der Waals surface area contributed by atoms with Crippen molar-refractivity contribution in [2.45, 2.75) is 0 Å². The summed E-state index contributed by atoms with van der Waals surface area (Å²) in [7, 11) is 0. The van der Waals surface area contributed by atoms with E-state index < -0.39 is 0 Å². The normalized spacial score (nSPS) is 11.5. The first-order chi connectivity index (χ1) is 51.5. The number of aromatic nitrogens is 5. The predicted molar refractivity (Wildman–Crippen MR) is 434 cm³/mol. The van der Waals surface area contributed by atoms with Gasteiger partial charge in [-0.15, -0.1) is 0 Å². The van der Waals surface area contributed by atoms with E-state index in [1.807, 2.05) is 0 Å². The fraction of sp³-hybridized carbons (Fsp3) is 0. The monoisotopic (exact) mass is 1320 g/mol. The summed E-state index contributed by atoms with van der Waals surface area (Å²) >= 11 is 0. The van der Waals surface area contributed by atoms with Gasteiger partial charge in [-0.3, -0.25) is 0 Å². The third kappa shape index (κ3) is 11.6. The highest BCUT2D eigenvalue weighted by molar-refractivity contribution is 6.10. The molecule has 104 heavy (non-hydrogen) atoms. The number of rotatable bonds is 14. The Kier molecular flexibility index (Phi) is 15.5. The number of fused-ring (bicyclic) bond motifs is 6. The molecule has 19 rings (SSSR count). The molecular formula is C99H65N5. The maximum atomic E-state index is 5.27. The molecule has 0 aliphatic carbocycles. The van der Waals surface area contributed by atoms with Gasteiger partial charge in [0.2, 0.25) is 0 Å². The molecule has 486 valence electrons. The lowest BCUT2D eigenvalue weighted by Crippen LogP contribution is -2.00. The molecule has 0 aliphatic rings. The standard InChI is InChI=1S/C99H65N5/c1-2-19-66(20-3-1)75-21-12-25-79(59-75)81-27-16-28-82(63-81)80-26-13-22-76(60-80)69-45-43-67(44-46-69)68-47-53-72(54-48-68)97-100-98(73-55-49-70(50-56-73)77-23-14-29-83(61-77)85-31-17-33-87(64-85)103-93-39-8-4-35-89(93)90-36-5-9-40-94(90)103)102-99(101-97)74-57-51-71(52-58-74)78-24-15-30-84(62-78)86-32-18-34-88(65-86)104-95-41-10-6-37-91(95)92-38-7-11-42-96(92)104/h1-65H. The SMILES string of the molecule is c1ccc(-c2cccc(-c3cccc(-c4cccc(-c5ccc(-c6ccc(-c7nc(-c8ccc(-c9cccc(-c%10cccc(-n%11c%12ccccc%12c%12ccccc%12%11)c%10)c9)cc8)nc(-c8ccc(-c9cccc(-c%10cccc(-n%11c%12ccccc%12c%12ccccc%12%11)c%10)c9)cc8)n7)cc6)cc5)c4)c3)c2)cc1. The van der Waals surface area contributed by atoms with Crippen LogP contribution < -0.4 is 0 Å². The maximum absolute atomic E-state index is 5.27. The van der Waals surface area contributed by atoms with Crippen LogP contribution in [0.5, 0.6) is 0 Å². The van der Waals surface area contributed by atoms with Gasteiger partial charge in [-0.2, -0.15) is 0 Å². The fourth-order valence-corrected chi connectivity index (χ4v) is 15.1. The first-order valence-corrected chi connectivity index (χ1v) is 35.4. The van der Waals surface area contributed by atoms with Crippen LogP contribution in [0.2, 0.25) is 0 Å². The van der Waals surface area contributed by atoms with Crippen LogP contribution in [0.1, 0.15) is 0 Å². The van der Waals surface area contributed by atoms with Crippen LogP contribution in [-0.2, 0) is 0 Å². The van der Waals surface area contributed by atoms with Crippen molar-refractivity contribution in [2.75, 3.05) is 0 Å². The van der Waals surface area contributed by atoms with Gasteiger partial charge in [-0.05, 0) is 179 Å². The second-order valence-corrected chi connectivity index (χ2v) is 26.7. The molecule has 0 saturated carbocycles. The Bertz CT molecular complexity index is 6070. The smallest absolute Gasteiger partial charge is 0.164 e. The van der Waals surface area contributed by atoms with Gasteiger partial charge in [0, 0.05) is 49.6 Å². The minimum atomic E-state index is 0.595. The largest absolute Gasteiger partial charge is 0.309 e. The zero-order chi connectivity index (χ0) is 68.9. The number of hydrogen-bond donors (Lipinski definition) is 0. The van der Waals surface area contributed by atoms with Crippen LogP contribution in [0.15, 0.2) is 394 Å². The molecule has 0 bridgehead atoms. The number of benzene rings is 16. The van der Waals surface area contributed by atoms with E-state index in [0.717, 1.165) is 94.8 Å². The Labute approximate surface area is 603 Å². The minimum Gasteiger partial charge on any atom is -0.309 e. The molecular weight excluding hydrogens is 1260 g/mol. The summed E-state index contributed by atoms with van der Waals surface area (Å²) in [5.41, 5.74) is 30.4. The summed E-state index contributed by atoms with van der Waals surface area (Å²) < 4.78 is 4.75. The Balaban J connectivity index is 0.619.